The first-order valence-corrected chi connectivity index (χ1v) is 27.7. The molecule has 22 atom stereocenters. The van der Waals surface area contributed by atoms with Gasteiger partial charge in [-0.05, 0) is 77.5 Å². The van der Waals surface area contributed by atoms with Gasteiger partial charge in [-0.3, -0.25) is 19.3 Å². The lowest BCUT2D eigenvalue weighted by molar-refractivity contribution is -0.305. The topological polar surface area (TPSA) is 238 Å². The molecule has 0 spiro atoms. The highest BCUT2D eigenvalue weighted by Crippen LogP contribution is 2.40. The Kier molecular flexibility index (Phi) is 24.1. The molecule has 440 valence electrons. The summed E-state index contributed by atoms with van der Waals surface area (Å²) in [5, 5.41) is 39.2. The number of hydrogen-bond donors (Lipinski definition) is 3. The number of cyclic esters (lactones) is 1. The largest absolute Gasteiger partial charge is 0.497 e. The number of Topliss-reactive ketones (excluding diaryl/α,β-unsaturated/α-hetero) is 1. The quantitative estimate of drug-likeness (QED) is 0.122. The maximum absolute atomic E-state index is 15.4. The standard InChI is InChI=1S/C57H94N2O18/c1-29(2)22-43(60)74-49-36(9)48(31(4)28-70-56-52(68-16)51(67-15)45(61)39(12)73-56)76-54(64)38(11)50(75-44-23-32(5)59(26-34(7)71-44)27-40-18-20-41(66-14)21-19-40)35(8)47(30(3)25-57(13,65)53(63)37(49)10)77-55-46(62)42(58-69-17)24-33(6)72-55/h18-21,29-39,44-52,55-56,61-62,65H,22-28H2,1-17H3/b58-42+/t30-,31-,32?,33+,34-,35+,36-,37+,38+,39+,44-,45+,46+,47-,48+,49+,50-,51+,52+,55-,56+,57-/m0/s1. The molecular weight excluding hydrogens is 1000 g/mol. The van der Waals surface area contributed by atoms with E-state index in [1.807, 2.05) is 72.7 Å². The zero-order valence-corrected chi connectivity index (χ0v) is 48.8. The van der Waals surface area contributed by atoms with E-state index in [9.17, 15) is 20.1 Å². The maximum Gasteiger partial charge on any atom is 0.311 e. The number of carbonyl (C=O) groups is 3. The molecule has 4 saturated heterocycles. The first-order valence-electron chi connectivity index (χ1n) is 27.7. The van der Waals surface area contributed by atoms with Crippen molar-refractivity contribution in [2.24, 2.45) is 46.6 Å². The average molecular weight is 1100 g/mol. The van der Waals surface area contributed by atoms with Crippen LogP contribution in [0.25, 0.3) is 0 Å². The fourth-order valence-corrected chi connectivity index (χ4v) is 11.8. The van der Waals surface area contributed by atoms with Gasteiger partial charge in [0.1, 0.15) is 55.1 Å². The molecule has 0 radical (unpaired) electrons. The molecule has 1 aromatic rings. The molecule has 4 fully saturated rings. The van der Waals surface area contributed by atoms with Crippen molar-refractivity contribution in [2.45, 2.75) is 220 Å². The van der Waals surface area contributed by atoms with Crippen LogP contribution in [0.5, 0.6) is 5.75 Å². The Morgan fingerprint density at radius 3 is 2.08 bits per heavy atom. The molecule has 1 aromatic carbocycles. The molecule has 20 nitrogen and oxygen atoms in total. The summed E-state index contributed by atoms with van der Waals surface area (Å²) in [7, 11) is 5.94. The van der Waals surface area contributed by atoms with Gasteiger partial charge in [-0.15, -0.1) is 0 Å². The van der Waals surface area contributed by atoms with Crippen LogP contribution in [-0.4, -0.2) is 183 Å². The first kappa shape index (κ1) is 64.4. The summed E-state index contributed by atoms with van der Waals surface area (Å²) in [4.78, 5) is 51.6. The van der Waals surface area contributed by atoms with Crippen LogP contribution in [-0.2, 0) is 73.1 Å². The molecular formula is C57H94N2O18. The van der Waals surface area contributed by atoms with Crippen molar-refractivity contribution in [3.63, 3.8) is 0 Å². The average Bonchev–Trinajstić information content (AvgIpc) is 3.50. The Labute approximate surface area is 457 Å². The van der Waals surface area contributed by atoms with Gasteiger partial charge in [-0.2, -0.15) is 0 Å². The molecule has 0 amide bonds. The Morgan fingerprint density at radius 1 is 0.805 bits per heavy atom. The van der Waals surface area contributed by atoms with Crippen molar-refractivity contribution in [3.8, 4) is 5.75 Å². The second kappa shape index (κ2) is 28.9. The van der Waals surface area contributed by atoms with Crippen molar-refractivity contribution in [1.29, 1.82) is 0 Å². The van der Waals surface area contributed by atoms with Crippen LogP contribution in [0.4, 0.5) is 0 Å². The third kappa shape index (κ3) is 16.6. The van der Waals surface area contributed by atoms with E-state index in [0.717, 1.165) is 11.3 Å². The van der Waals surface area contributed by atoms with Gasteiger partial charge in [0.25, 0.3) is 0 Å². The second-order valence-electron chi connectivity index (χ2n) is 23.1. The van der Waals surface area contributed by atoms with Crippen molar-refractivity contribution < 1.29 is 86.6 Å². The van der Waals surface area contributed by atoms with E-state index < -0.39 is 139 Å². The molecule has 20 heteroatoms. The number of carbonyl (C=O) groups excluding carboxylic acids is 3. The van der Waals surface area contributed by atoms with Gasteiger partial charge in [0.15, 0.2) is 24.7 Å². The number of benzene rings is 1. The van der Waals surface area contributed by atoms with Crippen LogP contribution in [0.1, 0.15) is 121 Å². The van der Waals surface area contributed by atoms with Crippen LogP contribution < -0.4 is 4.74 Å². The zero-order valence-electron chi connectivity index (χ0n) is 48.8. The third-order valence-corrected chi connectivity index (χ3v) is 16.0. The highest BCUT2D eigenvalue weighted by atomic mass is 16.7. The van der Waals surface area contributed by atoms with Gasteiger partial charge >= 0.3 is 11.9 Å². The number of oxime groups is 1. The Hall–Kier alpha value is -3.38. The van der Waals surface area contributed by atoms with Gasteiger partial charge in [-0.25, -0.2) is 0 Å². The normalized spacial score (nSPS) is 40.3. The smallest absolute Gasteiger partial charge is 0.311 e. The summed E-state index contributed by atoms with van der Waals surface area (Å²) in [5.41, 5.74) is -0.634. The summed E-state index contributed by atoms with van der Waals surface area (Å²) < 4.78 is 69.2. The number of ketones is 1. The highest BCUT2D eigenvalue weighted by Gasteiger charge is 2.51. The van der Waals surface area contributed by atoms with E-state index in [1.54, 1.807) is 34.8 Å². The van der Waals surface area contributed by atoms with E-state index in [0.29, 0.717) is 25.2 Å². The van der Waals surface area contributed by atoms with Crippen molar-refractivity contribution in [3.05, 3.63) is 29.8 Å². The van der Waals surface area contributed by atoms with Crippen molar-refractivity contribution in [2.75, 3.05) is 41.6 Å². The molecule has 0 aromatic heterocycles. The lowest BCUT2D eigenvalue weighted by Gasteiger charge is -2.44. The minimum absolute atomic E-state index is 0.0417. The van der Waals surface area contributed by atoms with Gasteiger partial charge in [-0.1, -0.05) is 65.8 Å². The Bertz CT molecular complexity index is 2040. The van der Waals surface area contributed by atoms with Gasteiger partial charge in [0.05, 0.1) is 61.8 Å². The number of rotatable bonds is 17. The molecule has 5 rings (SSSR count). The number of esters is 2. The van der Waals surface area contributed by atoms with Crippen LogP contribution in [0, 0.1) is 41.4 Å². The van der Waals surface area contributed by atoms with E-state index in [1.165, 1.54) is 28.3 Å². The summed E-state index contributed by atoms with van der Waals surface area (Å²) in [6.45, 7) is 24.5. The number of hydrogen-bond acceptors (Lipinski definition) is 20. The molecule has 0 saturated carbocycles. The summed E-state index contributed by atoms with van der Waals surface area (Å²) in [5.74, 6) is -6.29. The first-order chi connectivity index (χ1) is 36.2. The van der Waals surface area contributed by atoms with E-state index in [2.05, 4.69) is 17.0 Å². The molecule has 0 aliphatic carbocycles. The third-order valence-electron chi connectivity index (χ3n) is 16.0. The van der Waals surface area contributed by atoms with E-state index in [-0.39, 0.29) is 43.9 Å². The number of ether oxygens (including phenoxy) is 11. The fraction of sp³-hybridized carbons (Fsp3) is 0.825. The van der Waals surface area contributed by atoms with E-state index in [4.69, 9.17) is 56.9 Å². The molecule has 4 heterocycles. The van der Waals surface area contributed by atoms with Gasteiger partial charge < -0.3 is 72.3 Å². The molecule has 4 aliphatic heterocycles. The number of aliphatic hydroxyl groups is 3. The minimum atomic E-state index is -2.03. The molecule has 3 N–H and O–H groups in total. The van der Waals surface area contributed by atoms with Crippen molar-refractivity contribution in [1.82, 2.24) is 4.90 Å². The number of nitrogens with zero attached hydrogens (tertiary/aromatic N) is 2. The second-order valence-corrected chi connectivity index (χ2v) is 23.1. The fourth-order valence-electron chi connectivity index (χ4n) is 11.8. The summed E-state index contributed by atoms with van der Waals surface area (Å²) >= 11 is 0. The summed E-state index contributed by atoms with van der Waals surface area (Å²) in [6.07, 6.45) is -12.3. The van der Waals surface area contributed by atoms with Gasteiger partial charge in [0.2, 0.25) is 0 Å². The monoisotopic (exact) mass is 1090 g/mol. The minimum Gasteiger partial charge on any atom is -0.497 e. The molecule has 0 bridgehead atoms. The zero-order chi connectivity index (χ0) is 57.2. The number of methoxy groups -OCH3 is 3. The number of aliphatic hydroxyl groups excluding tert-OH is 2. The summed E-state index contributed by atoms with van der Waals surface area (Å²) in [6, 6.07) is 7.88. The Morgan fingerprint density at radius 2 is 1.47 bits per heavy atom. The van der Waals surface area contributed by atoms with E-state index >= 15 is 9.59 Å². The molecule has 1 unspecified atom stereocenters. The maximum atomic E-state index is 15.4. The van der Waals surface area contributed by atoms with Crippen LogP contribution in [0.15, 0.2) is 29.4 Å². The van der Waals surface area contributed by atoms with Crippen LogP contribution in [0.3, 0.4) is 0 Å². The SMILES string of the molecule is CO/N=C1\C[C@@H](C)O[C@@H](O[C@@H]2[C@@H](C)[C@H](O[C@H]3CC(C)N(Cc4ccc(OC)cc4)C[C@H](C)O3)[C@@H](C)C(=O)O[C@H]([C@@H](C)CO[C@@H]3O[C@H](C)[C@@H](O)[C@@H](OC)[C@H]3OC)[C@H](C)[C@@H](OC(=O)CC(C)C)[C@@H](C)C(=O)[C@@](C)(O)C[C@@H]2C)[C@@H]1O. The van der Waals surface area contributed by atoms with Crippen molar-refractivity contribution >= 4 is 23.4 Å². The molecule has 4 aliphatic rings. The van der Waals surface area contributed by atoms with Crippen LogP contribution >= 0.6 is 0 Å². The predicted molar refractivity (Wildman–Crippen MR) is 283 cm³/mol. The lowest BCUT2D eigenvalue weighted by Crippen LogP contribution is -2.59. The van der Waals surface area contributed by atoms with Gasteiger partial charge in [0, 0.05) is 70.4 Å². The lowest BCUT2D eigenvalue weighted by atomic mass is 9.74. The highest BCUT2D eigenvalue weighted by molar-refractivity contribution is 5.90. The molecule has 77 heavy (non-hydrogen) atoms. The predicted octanol–water partition coefficient (Wildman–Crippen LogP) is 5.85. The van der Waals surface area contributed by atoms with Crippen LogP contribution in [0.2, 0.25) is 0 Å². The Balaban J connectivity index is 1.61.